The van der Waals surface area contributed by atoms with Gasteiger partial charge in [-0.25, -0.2) is 9.59 Å². The molecular weight excluding hydrogens is 372 g/mol. The highest BCUT2D eigenvalue weighted by Gasteiger charge is 2.17. The smallest absolute Gasteiger partial charge is 0.408 e. The van der Waals surface area contributed by atoms with Gasteiger partial charge in [0.25, 0.3) is 0 Å². The van der Waals surface area contributed by atoms with Gasteiger partial charge >= 0.3 is 24.1 Å². The molecule has 0 aliphatic rings. The van der Waals surface area contributed by atoms with Gasteiger partial charge in [-0.3, -0.25) is 9.59 Å². The lowest BCUT2D eigenvalue weighted by Gasteiger charge is -2.19. The van der Waals surface area contributed by atoms with Crippen molar-refractivity contribution in [1.29, 1.82) is 0 Å². The van der Waals surface area contributed by atoms with E-state index < -0.39 is 41.9 Å². The van der Waals surface area contributed by atoms with Gasteiger partial charge in [0.05, 0.1) is 0 Å². The quantitative estimate of drug-likeness (QED) is 0.362. The van der Waals surface area contributed by atoms with Crippen LogP contribution in [-0.2, 0) is 23.8 Å². The number of carbonyl (C=O) groups is 4. The molecule has 0 spiro atoms. The first-order valence-corrected chi connectivity index (χ1v) is 8.07. The van der Waals surface area contributed by atoms with Gasteiger partial charge in [-0.15, -0.1) is 0 Å². The molecule has 11 heteroatoms. The van der Waals surface area contributed by atoms with E-state index in [-0.39, 0.29) is 12.6 Å². The van der Waals surface area contributed by atoms with E-state index in [0.29, 0.717) is 0 Å². The molecule has 0 aromatic heterocycles. The summed E-state index contributed by atoms with van der Waals surface area (Å²) in [7, 11) is 0. The van der Waals surface area contributed by atoms with Crippen molar-refractivity contribution >= 4 is 35.7 Å². The Balaban J connectivity index is 0. The van der Waals surface area contributed by atoms with Crippen molar-refractivity contribution in [3.05, 3.63) is 0 Å². The Morgan fingerprint density at radius 2 is 1.23 bits per heavy atom. The molecule has 0 radical (unpaired) electrons. The normalized spacial score (nSPS) is 10.6. The summed E-state index contributed by atoms with van der Waals surface area (Å²) in [5.74, 6) is -1.70. The number of ether oxygens (including phenoxy) is 3. The standard InChI is InChI=1S/C8H14ClNO4.C7H13NO4/c1-8(2,3)14-7(12)10-4-6(11)13-5-9;1-7(2,3)12-6(11)8-4-5(9)10/h4-5H2,1-3H3,(H,10,12);4H2,1-3H3,(H,8,11)(H,9,10). The summed E-state index contributed by atoms with van der Waals surface area (Å²) < 4.78 is 14.0. The highest BCUT2D eigenvalue weighted by molar-refractivity contribution is 6.17. The summed E-state index contributed by atoms with van der Waals surface area (Å²) in [4.78, 5) is 42.5. The predicted octanol–water partition coefficient (Wildman–Crippen LogP) is 1.85. The number of nitrogens with one attached hydrogen (secondary N) is 2. The van der Waals surface area contributed by atoms with Crippen LogP contribution in [0.3, 0.4) is 0 Å². The zero-order chi connectivity index (χ0) is 21.0. The molecule has 152 valence electrons. The molecule has 0 heterocycles. The van der Waals surface area contributed by atoms with Gasteiger partial charge < -0.3 is 30.0 Å². The molecule has 0 bridgehead atoms. The highest BCUT2D eigenvalue weighted by Crippen LogP contribution is 2.06. The number of carbonyl (C=O) groups excluding carboxylic acids is 3. The number of carboxylic acid groups (broad SMARTS) is 1. The van der Waals surface area contributed by atoms with E-state index in [4.69, 9.17) is 26.2 Å². The number of carboxylic acids is 1. The number of rotatable bonds is 5. The molecule has 0 saturated carbocycles. The van der Waals surface area contributed by atoms with Gasteiger partial charge in [-0.1, -0.05) is 11.6 Å². The lowest BCUT2D eigenvalue weighted by atomic mass is 10.2. The van der Waals surface area contributed by atoms with Gasteiger partial charge in [-0.05, 0) is 41.5 Å². The van der Waals surface area contributed by atoms with Gasteiger partial charge in [0, 0.05) is 0 Å². The second-order valence-electron chi connectivity index (χ2n) is 6.73. The molecule has 0 fully saturated rings. The summed E-state index contributed by atoms with van der Waals surface area (Å²) in [6.07, 6.45) is -1.38. The number of halogens is 1. The second-order valence-corrected chi connectivity index (χ2v) is 6.95. The zero-order valence-electron chi connectivity index (χ0n) is 15.8. The molecule has 26 heavy (non-hydrogen) atoms. The van der Waals surface area contributed by atoms with Gasteiger partial charge in [0.2, 0.25) is 0 Å². The van der Waals surface area contributed by atoms with Crippen molar-refractivity contribution in [2.24, 2.45) is 0 Å². The Kier molecular flexibility index (Phi) is 12.2. The van der Waals surface area contributed by atoms with Crippen molar-refractivity contribution in [2.75, 3.05) is 19.2 Å². The minimum Gasteiger partial charge on any atom is -0.480 e. The fraction of sp³-hybridized carbons (Fsp3) is 0.733. The van der Waals surface area contributed by atoms with Crippen LogP contribution in [0.15, 0.2) is 0 Å². The van der Waals surface area contributed by atoms with Gasteiger partial charge in [0.15, 0.2) is 6.07 Å². The maximum Gasteiger partial charge on any atom is 0.408 e. The molecule has 0 saturated heterocycles. The molecular formula is C15H27ClN2O8. The van der Waals surface area contributed by atoms with E-state index >= 15 is 0 Å². The Morgan fingerprint density at radius 3 is 1.54 bits per heavy atom. The van der Waals surface area contributed by atoms with E-state index in [1.165, 1.54) is 0 Å². The SMILES string of the molecule is CC(C)(C)OC(=O)NCC(=O)O.CC(C)(C)OC(=O)NCC(=O)OCCl. The maximum atomic E-state index is 11.0. The molecule has 0 atom stereocenters. The third kappa shape index (κ3) is 21.8. The lowest BCUT2D eigenvalue weighted by Crippen LogP contribution is -2.35. The first-order chi connectivity index (χ1) is 11.7. The summed E-state index contributed by atoms with van der Waals surface area (Å²) in [6, 6.07) is -0.227. The first-order valence-electron chi connectivity index (χ1n) is 7.53. The number of hydrogen-bond donors (Lipinski definition) is 3. The molecule has 0 aliphatic heterocycles. The van der Waals surface area contributed by atoms with Crippen LogP contribution in [0.1, 0.15) is 41.5 Å². The molecule has 0 aromatic carbocycles. The van der Waals surface area contributed by atoms with Crippen LogP contribution < -0.4 is 10.6 Å². The topological polar surface area (TPSA) is 140 Å². The van der Waals surface area contributed by atoms with Crippen molar-refractivity contribution < 1.29 is 38.5 Å². The number of alkyl halides is 1. The average Bonchev–Trinajstić information content (AvgIpc) is 2.40. The number of esters is 1. The molecule has 0 unspecified atom stereocenters. The van der Waals surface area contributed by atoms with Crippen molar-refractivity contribution in [3.8, 4) is 0 Å². The predicted molar refractivity (Wildman–Crippen MR) is 92.9 cm³/mol. The highest BCUT2D eigenvalue weighted by atomic mass is 35.5. The molecule has 3 N–H and O–H groups in total. The van der Waals surface area contributed by atoms with E-state index in [1.807, 2.05) is 0 Å². The summed E-state index contributed by atoms with van der Waals surface area (Å²) in [5.41, 5.74) is -1.18. The fourth-order valence-electron chi connectivity index (χ4n) is 1.03. The summed E-state index contributed by atoms with van der Waals surface area (Å²) in [5, 5.41) is 12.5. The van der Waals surface area contributed by atoms with Crippen LogP contribution in [0.2, 0.25) is 0 Å². The second kappa shape index (κ2) is 12.2. The molecule has 0 aromatic rings. The third-order valence-electron chi connectivity index (χ3n) is 1.77. The monoisotopic (exact) mass is 398 g/mol. The van der Waals surface area contributed by atoms with Crippen LogP contribution in [-0.4, -0.2) is 59.6 Å². The van der Waals surface area contributed by atoms with E-state index in [9.17, 15) is 19.2 Å². The van der Waals surface area contributed by atoms with Crippen LogP contribution in [0.5, 0.6) is 0 Å². The van der Waals surface area contributed by atoms with Crippen molar-refractivity contribution in [3.63, 3.8) is 0 Å². The largest absolute Gasteiger partial charge is 0.480 e. The zero-order valence-corrected chi connectivity index (χ0v) is 16.6. The van der Waals surface area contributed by atoms with E-state index in [0.717, 1.165) is 0 Å². The van der Waals surface area contributed by atoms with E-state index in [1.54, 1.807) is 41.5 Å². The summed E-state index contributed by atoms with van der Waals surface area (Å²) in [6.45, 7) is 9.61. The molecule has 2 amide bonds. The van der Waals surface area contributed by atoms with Crippen LogP contribution in [0.4, 0.5) is 9.59 Å². The summed E-state index contributed by atoms with van der Waals surface area (Å²) >= 11 is 5.13. The number of amides is 2. The Hall–Kier alpha value is -2.23. The molecule has 10 nitrogen and oxygen atoms in total. The molecule has 0 aliphatic carbocycles. The lowest BCUT2D eigenvalue weighted by molar-refractivity contribution is -0.140. The van der Waals surface area contributed by atoms with Gasteiger partial charge in [-0.2, -0.15) is 0 Å². The van der Waals surface area contributed by atoms with E-state index in [2.05, 4.69) is 15.4 Å². The number of aliphatic carboxylic acids is 1. The van der Waals surface area contributed by atoms with Crippen LogP contribution >= 0.6 is 11.6 Å². The fourth-order valence-corrected chi connectivity index (χ4v) is 1.15. The first kappa shape index (κ1) is 26.0. The Bertz CT molecular complexity index is 483. The van der Waals surface area contributed by atoms with Crippen molar-refractivity contribution in [2.45, 2.75) is 52.7 Å². The van der Waals surface area contributed by atoms with Crippen LogP contribution in [0.25, 0.3) is 0 Å². The Labute approximate surface area is 157 Å². The minimum absolute atomic E-state index is 0.227. The third-order valence-corrected chi connectivity index (χ3v) is 1.88. The number of alkyl carbamates (subject to hydrolysis) is 2. The average molecular weight is 399 g/mol. The minimum atomic E-state index is -1.10. The molecule has 0 rings (SSSR count). The van der Waals surface area contributed by atoms with Crippen molar-refractivity contribution in [1.82, 2.24) is 10.6 Å². The van der Waals surface area contributed by atoms with Gasteiger partial charge in [0.1, 0.15) is 24.3 Å². The Morgan fingerprint density at radius 1 is 0.846 bits per heavy atom. The maximum absolute atomic E-state index is 11.0. The number of hydrogen-bond acceptors (Lipinski definition) is 7. The van der Waals surface area contributed by atoms with Crippen LogP contribution in [0, 0.1) is 0 Å².